The molecule has 3 rings (SSSR count). The van der Waals surface area contributed by atoms with Crippen LogP contribution in [0, 0.1) is 5.92 Å². The Morgan fingerprint density at radius 1 is 1.29 bits per heavy atom. The molecule has 2 heterocycles. The van der Waals surface area contributed by atoms with Gasteiger partial charge < -0.3 is 14.1 Å². The van der Waals surface area contributed by atoms with Crippen LogP contribution >= 0.6 is 0 Å². The van der Waals surface area contributed by atoms with Gasteiger partial charge in [-0.3, -0.25) is 0 Å². The Bertz CT molecular complexity index is 499. The van der Waals surface area contributed by atoms with Crippen molar-refractivity contribution >= 4 is 13.4 Å². The number of likely N-dealkylation sites (N-methyl/N-ethyl adjacent to an activating group) is 1. The molecule has 2 saturated heterocycles. The highest BCUT2D eigenvalue weighted by Gasteiger charge is 2.53. The first-order chi connectivity index (χ1) is 9.75. The summed E-state index contributed by atoms with van der Waals surface area (Å²) in [4.78, 5) is 11.3. The minimum atomic E-state index is -0.370. The quantitative estimate of drug-likeness (QED) is 0.610. The van der Waals surface area contributed by atoms with E-state index in [2.05, 4.69) is 17.6 Å². The molecule has 6 heteroatoms. The van der Waals surface area contributed by atoms with E-state index in [1.807, 2.05) is 45.8 Å². The average Bonchev–Trinajstić information content (AvgIpc) is 2.81. The lowest BCUT2D eigenvalue weighted by molar-refractivity contribution is -0.112. The Morgan fingerprint density at radius 2 is 1.90 bits per heavy atom. The summed E-state index contributed by atoms with van der Waals surface area (Å²) in [5, 5.41) is 1.87. The van der Waals surface area contributed by atoms with E-state index in [0.29, 0.717) is 0 Å². The molecule has 0 bridgehead atoms. The van der Waals surface area contributed by atoms with Crippen LogP contribution < -0.4 is 5.43 Å². The van der Waals surface area contributed by atoms with Crippen LogP contribution in [-0.2, 0) is 14.1 Å². The van der Waals surface area contributed by atoms with Gasteiger partial charge in [0.15, 0.2) is 0 Å². The Labute approximate surface area is 126 Å². The molecular formula is C15H23BN2O3. The van der Waals surface area contributed by atoms with Crippen LogP contribution in [0.25, 0.3) is 0 Å². The van der Waals surface area contributed by atoms with Gasteiger partial charge in [0.25, 0.3) is 0 Å². The van der Waals surface area contributed by atoms with Crippen molar-refractivity contribution in [1.82, 2.24) is 10.4 Å². The van der Waals surface area contributed by atoms with E-state index in [1.165, 1.54) is 0 Å². The molecule has 114 valence electrons. The Morgan fingerprint density at radius 3 is 2.48 bits per heavy atom. The van der Waals surface area contributed by atoms with Gasteiger partial charge in [-0.05, 0) is 33.2 Å². The normalized spacial score (nSPS) is 37.5. The molecule has 5 nitrogen and oxygen atoms in total. The summed E-state index contributed by atoms with van der Waals surface area (Å²) in [5.41, 5.74) is 3.59. The van der Waals surface area contributed by atoms with Crippen LogP contribution in [0.5, 0.6) is 0 Å². The second-order valence-electron chi connectivity index (χ2n) is 7.08. The van der Waals surface area contributed by atoms with Crippen molar-refractivity contribution in [2.24, 2.45) is 5.92 Å². The zero-order valence-electron chi connectivity index (χ0n) is 13.3. The first-order valence-corrected chi connectivity index (χ1v) is 7.45. The van der Waals surface area contributed by atoms with Crippen molar-refractivity contribution in [2.45, 2.75) is 51.0 Å². The van der Waals surface area contributed by atoms with Gasteiger partial charge in [0.2, 0.25) is 0 Å². The molecule has 0 radical (unpaired) electrons. The van der Waals surface area contributed by atoms with Gasteiger partial charge in [-0.1, -0.05) is 18.2 Å². The van der Waals surface area contributed by atoms with E-state index in [0.717, 1.165) is 11.8 Å². The smallest absolute Gasteiger partial charge is 0.399 e. The fourth-order valence-electron chi connectivity index (χ4n) is 3.06. The lowest BCUT2D eigenvalue weighted by atomic mass is 9.72. The number of allylic oxidation sites excluding steroid dienone is 2. The van der Waals surface area contributed by atoms with Crippen LogP contribution in [0.2, 0.25) is 0 Å². The Hall–Kier alpha value is -0.945. The van der Waals surface area contributed by atoms with Crippen LogP contribution in [0.15, 0.2) is 23.7 Å². The average molecular weight is 290 g/mol. The summed E-state index contributed by atoms with van der Waals surface area (Å²) < 4.78 is 12.2. The van der Waals surface area contributed by atoms with Crippen LogP contribution in [0.1, 0.15) is 27.7 Å². The molecule has 0 aromatic carbocycles. The van der Waals surface area contributed by atoms with Gasteiger partial charge >= 0.3 is 7.12 Å². The van der Waals surface area contributed by atoms with Crippen molar-refractivity contribution < 1.29 is 14.1 Å². The second kappa shape index (κ2) is 4.78. The van der Waals surface area contributed by atoms with Gasteiger partial charge in [-0.25, -0.2) is 10.4 Å². The maximum absolute atomic E-state index is 11.3. The highest BCUT2D eigenvalue weighted by Crippen LogP contribution is 2.40. The number of carbonyl (C=O) groups is 1. The topological polar surface area (TPSA) is 50.8 Å². The zero-order valence-corrected chi connectivity index (χ0v) is 13.3. The number of carbonyl (C=O) groups excluding carboxylic acids is 1. The van der Waals surface area contributed by atoms with Gasteiger partial charge in [-0.15, -0.1) is 0 Å². The SMILES string of the molecule is CN1NC2C=CC(B3OC(C)(C)C(C)(C)O3)=CC2C1C=O. The maximum atomic E-state index is 11.3. The van der Waals surface area contributed by atoms with E-state index in [-0.39, 0.29) is 36.3 Å². The van der Waals surface area contributed by atoms with Gasteiger partial charge in [0.1, 0.15) is 6.29 Å². The lowest BCUT2D eigenvalue weighted by Crippen LogP contribution is -2.41. The molecule has 0 saturated carbocycles. The monoisotopic (exact) mass is 290 g/mol. The summed E-state index contributed by atoms with van der Waals surface area (Å²) in [6, 6.07) is 0.00810. The number of hydrazine groups is 1. The molecule has 2 aliphatic heterocycles. The summed E-state index contributed by atoms with van der Waals surface area (Å²) in [5.74, 6) is 0.117. The number of aldehydes is 1. The van der Waals surface area contributed by atoms with Gasteiger partial charge in [-0.2, -0.15) is 0 Å². The summed E-state index contributed by atoms with van der Waals surface area (Å²) in [6.45, 7) is 8.17. The predicted molar refractivity (Wildman–Crippen MR) is 81.3 cm³/mol. The van der Waals surface area contributed by atoms with E-state index in [1.54, 1.807) is 0 Å². The third kappa shape index (κ3) is 2.30. The second-order valence-corrected chi connectivity index (χ2v) is 7.08. The van der Waals surface area contributed by atoms with Crippen molar-refractivity contribution in [3.63, 3.8) is 0 Å². The summed E-state index contributed by atoms with van der Waals surface area (Å²) in [6.07, 6.45) is 7.24. The van der Waals surface area contributed by atoms with E-state index < -0.39 is 0 Å². The fourth-order valence-corrected chi connectivity index (χ4v) is 3.06. The maximum Gasteiger partial charge on any atom is 0.494 e. The Kier molecular flexibility index (Phi) is 3.41. The highest BCUT2D eigenvalue weighted by atomic mass is 16.7. The fraction of sp³-hybridized carbons (Fsp3) is 0.667. The number of rotatable bonds is 2. The number of nitrogens with zero attached hydrogens (tertiary/aromatic N) is 1. The minimum absolute atomic E-state index is 0.117. The molecule has 3 atom stereocenters. The number of hydrogen-bond donors (Lipinski definition) is 1. The number of fused-ring (bicyclic) bond motifs is 1. The van der Waals surface area contributed by atoms with E-state index in [9.17, 15) is 4.79 Å². The minimum Gasteiger partial charge on any atom is -0.399 e. The molecule has 0 aromatic heterocycles. The largest absolute Gasteiger partial charge is 0.494 e. The first kappa shape index (κ1) is 15.0. The van der Waals surface area contributed by atoms with Gasteiger partial charge in [0.05, 0.1) is 17.2 Å². The van der Waals surface area contributed by atoms with Gasteiger partial charge in [0, 0.05) is 19.0 Å². The van der Waals surface area contributed by atoms with E-state index in [4.69, 9.17) is 9.31 Å². The van der Waals surface area contributed by atoms with Crippen molar-refractivity contribution in [3.05, 3.63) is 23.7 Å². The molecule has 1 N–H and O–H groups in total. The van der Waals surface area contributed by atoms with E-state index >= 15 is 0 Å². The molecule has 2 fully saturated rings. The molecule has 0 amide bonds. The molecule has 3 unspecified atom stereocenters. The Balaban J connectivity index is 1.84. The molecule has 0 aromatic rings. The van der Waals surface area contributed by atoms with Crippen molar-refractivity contribution in [2.75, 3.05) is 7.05 Å². The highest BCUT2D eigenvalue weighted by molar-refractivity contribution is 6.55. The third-order valence-electron chi connectivity index (χ3n) is 5.15. The van der Waals surface area contributed by atoms with Crippen LogP contribution in [0.4, 0.5) is 0 Å². The van der Waals surface area contributed by atoms with Crippen molar-refractivity contribution in [3.8, 4) is 0 Å². The lowest BCUT2D eigenvalue weighted by Gasteiger charge is -2.32. The summed E-state index contributed by atoms with van der Waals surface area (Å²) >= 11 is 0. The number of hydrogen-bond acceptors (Lipinski definition) is 5. The molecule has 3 aliphatic rings. The zero-order chi connectivity index (χ0) is 15.4. The third-order valence-corrected chi connectivity index (χ3v) is 5.15. The van der Waals surface area contributed by atoms with Crippen molar-refractivity contribution in [1.29, 1.82) is 0 Å². The summed E-state index contributed by atoms with van der Waals surface area (Å²) in [7, 11) is 1.53. The molecule has 21 heavy (non-hydrogen) atoms. The van der Waals surface area contributed by atoms with Crippen LogP contribution in [0.3, 0.4) is 0 Å². The standard InChI is InChI=1S/C15H23BN2O3/c1-14(2)15(3,4)21-16(20-14)10-6-7-12-11(8-10)13(9-19)18(5)17-12/h6-9,11-13,17H,1-5H3. The molecule has 0 spiro atoms. The molecular weight excluding hydrogens is 267 g/mol. The predicted octanol–water partition coefficient (Wildman–Crippen LogP) is 1.12. The first-order valence-electron chi connectivity index (χ1n) is 7.45. The number of nitrogens with one attached hydrogen (secondary N) is 1. The van der Waals surface area contributed by atoms with Crippen LogP contribution in [-0.4, -0.2) is 48.7 Å². The molecule has 1 aliphatic carbocycles.